The van der Waals surface area contributed by atoms with Gasteiger partial charge >= 0.3 is 0 Å². The molecular formula is C15H23N5. The largest absolute Gasteiger partial charge is 0.394 e. The molecule has 1 heterocycles. The minimum atomic E-state index is 0.699. The third kappa shape index (κ3) is 4.28. The van der Waals surface area contributed by atoms with E-state index >= 15 is 0 Å². The lowest BCUT2D eigenvalue weighted by Gasteiger charge is -2.16. The van der Waals surface area contributed by atoms with Crippen LogP contribution in [0.15, 0.2) is 36.5 Å². The first kappa shape index (κ1) is 14.4. The SMILES string of the molecule is CN(CCCNc1nn(C)cc1N)Cc1ccccc1. The Hall–Kier alpha value is -2.01. The zero-order valence-corrected chi connectivity index (χ0v) is 12.2. The monoisotopic (exact) mass is 273 g/mol. The molecule has 0 aliphatic carbocycles. The highest BCUT2D eigenvalue weighted by atomic mass is 15.3. The van der Waals surface area contributed by atoms with Gasteiger partial charge in [0.2, 0.25) is 0 Å². The summed E-state index contributed by atoms with van der Waals surface area (Å²) in [5.74, 6) is 0.776. The van der Waals surface area contributed by atoms with Gasteiger partial charge in [-0.3, -0.25) is 4.68 Å². The minimum absolute atomic E-state index is 0.699. The van der Waals surface area contributed by atoms with Gasteiger partial charge in [-0.2, -0.15) is 5.10 Å². The third-order valence-corrected chi connectivity index (χ3v) is 3.16. The van der Waals surface area contributed by atoms with Crippen LogP contribution in [0.2, 0.25) is 0 Å². The van der Waals surface area contributed by atoms with Crippen molar-refractivity contribution in [3.05, 3.63) is 42.1 Å². The number of rotatable bonds is 7. The van der Waals surface area contributed by atoms with E-state index in [1.54, 1.807) is 4.68 Å². The first-order valence-corrected chi connectivity index (χ1v) is 6.90. The summed E-state index contributed by atoms with van der Waals surface area (Å²) in [6.45, 7) is 2.89. The summed E-state index contributed by atoms with van der Waals surface area (Å²) in [6.07, 6.45) is 2.86. The molecule has 0 aliphatic heterocycles. The van der Waals surface area contributed by atoms with Gasteiger partial charge in [0.1, 0.15) is 0 Å². The van der Waals surface area contributed by atoms with Crippen LogP contribution in [0.5, 0.6) is 0 Å². The molecule has 1 aromatic carbocycles. The number of nitrogens with one attached hydrogen (secondary N) is 1. The first-order chi connectivity index (χ1) is 9.65. The van der Waals surface area contributed by atoms with Crippen LogP contribution in [-0.4, -0.2) is 34.8 Å². The molecule has 5 heteroatoms. The number of hydrogen-bond donors (Lipinski definition) is 2. The van der Waals surface area contributed by atoms with Crippen LogP contribution in [0.1, 0.15) is 12.0 Å². The maximum atomic E-state index is 5.83. The average molecular weight is 273 g/mol. The summed E-state index contributed by atoms with van der Waals surface area (Å²) >= 11 is 0. The van der Waals surface area contributed by atoms with Gasteiger partial charge in [-0.1, -0.05) is 30.3 Å². The van der Waals surface area contributed by atoms with Crippen molar-refractivity contribution < 1.29 is 0 Å². The lowest BCUT2D eigenvalue weighted by molar-refractivity contribution is 0.325. The molecule has 108 valence electrons. The number of aromatic nitrogens is 2. The van der Waals surface area contributed by atoms with E-state index in [1.165, 1.54) is 5.56 Å². The maximum Gasteiger partial charge on any atom is 0.171 e. The van der Waals surface area contributed by atoms with Crippen molar-refractivity contribution in [1.82, 2.24) is 14.7 Å². The third-order valence-electron chi connectivity index (χ3n) is 3.16. The second-order valence-electron chi connectivity index (χ2n) is 5.11. The molecule has 0 unspecified atom stereocenters. The van der Waals surface area contributed by atoms with Crippen LogP contribution in [-0.2, 0) is 13.6 Å². The molecule has 0 saturated carbocycles. The Kier molecular flexibility index (Phi) is 5.01. The molecule has 3 N–H and O–H groups in total. The van der Waals surface area contributed by atoms with Gasteiger partial charge < -0.3 is 16.0 Å². The summed E-state index contributed by atoms with van der Waals surface area (Å²) in [5, 5.41) is 7.53. The second-order valence-corrected chi connectivity index (χ2v) is 5.11. The smallest absolute Gasteiger partial charge is 0.171 e. The zero-order chi connectivity index (χ0) is 14.4. The van der Waals surface area contributed by atoms with E-state index < -0.39 is 0 Å². The van der Waals surface area contributed by atoms with Crippen molar-refractivity contribution in [2.24, 2.45) is 7.05 Å². The maximum absolute atomic E-state index is 5.83. The second kappa shape index (κ2) is 6.96. The number of anilines is 2. The molecule has 0 aliphatic rings. The van der Waals surface area contributed by atoms with Crippen LogP contribution >= 0.6 is 0 Å². The van der Waals surface area contributed by atoms with E-state index in [4.69, 9.17) is 5.73 Å². The lowest BCUT2D eigenvalue weighted by Crippen LogP contribution is -2.21. The van der Waals surface area contributed by atoms with Crippen molar-refractivity contribution in [3.63, 3.8) is 0 Å². The molecule has 0 atom stereocenters. The number of nitrogens with zero attached hydrogens (tertiary/aromatic N) is 3. The summed E-state index contributed by atoms with van der Waals surface area (Å²) in [4.78, 5) is 2.32. The van der Waals surface area contributed by atoms with Crippen molar-refractivity contribution >= 4 is 11.5 Å². The van der Waals surface area contributed by atoms with E-state index in [2.05, 4.69) is 46.6 Å². The van der Waals surface area contributed by atoms with Gasteiger partial charge in [-0.25, -0.2) is 0 Å². The fourth-order valence-corrected chi connectivity index (χ4v) is 2.17. The Labute approximate surface area is 120 Å². The van der Waals surface area contributed by atoms with E-state index in [1.807, 2.05) is 19.3 Å². The predicted octanol–water partition coefficient (Wildman–Crippen LogP) is 1.94. The highest BCUT2D eigenvalue weighted by Crippen LogP contribution is 2.13. The van der Waals surface area contributed by atoms with E-state index in [9.17, 15) is 0 Å². The van der Waals surface area contributed by atoms with Crippen molar-refractivity contribution in [3.8, 4) is 0 Å². The van der Waals surface area contributed by atoms with Gasteiger partial charge in [0.15, 0.2) is 5.82 Å². The van der Waals surface area contributed by atoms with Gasteiger partial charge in [0.05, 0.1) is 5.69 Å². The normalized spacial score (nSPS) is 10.9. The number of nitrogens with two attached hydrogens (primary N) is 1. The lowest BCUT2D eigenvalue weighted by atomic mass is 10.2. The Bertz CT molecular complexity index is 520. The zero-order valence-electron chi connectivity index (χ0n) is 12.2. The molecule has 0 bridgehead atoms. The number of hydrogen-bond acceptors (Lipinski definition) is 4. The summed E-state index contributed by atoms with van der Waals surface area (Å²) < 4.78 is 1.72. The quantitative estimate of drug-likeness (QED) is 0.757. The van der Waals surface area contributed by atoms with E-state index in [-0.39, 0.29) is 0 Å². The Morgan fingerprint density at radius 2 is 2.05 bits per heavy atom. The van der Waals surface area contributed by atoms with Gasteiger partial charge in [-0.05, 0) is 25.6 Å². The molecular weight excluding hydrogens is 250 g/mol. The number of benzene rings is 1. The van der Waals surface area contributed by atoms with Crippen molar-refractivity contribution in [2.75, 3.05) is 31.2 Å². The highest BCUT2D eigenvalue weighted by molar-refractivity contribution is 5.59. The fraction of sp³-hybridized carbons (Fsp3) is 0.400. The first-order valence-electron chi connectivity index (χ1n) is 6.90. The molecule has 0 saturated heterocycles. The van der Waals surface area contributed by atoms with Crippen LogP contribution in [0.3, 0.4) is 0 Å². The average Bonchev–Trinajstić information content (AvgIpc) is 2.74. The fourth-order valence-electron chi connectivity index (χ4n) is 2.17. The molecule has 2 aromatic rings. The molecule has 5 nitrogen and oxygen atoms in total. The summed E-state index contributed by atoms with van der Waals surface area (Å²) in [6, 6.07) is 10.5. The summed E-state index contributed by atoms with van der Waals surface area (Å²) in [7, 11) is 4.01. The Morgan fingerprint density at radius 1 is 1.30 bits per heavy atom. The highest BCUT2D eigenvalue weighted by Gasteiger charge is 2.03. The standard InChI is InChI=1S/C15H23N5/c1-19(11-13-7-4-3-5-8-13)10-6-9-17-15-14(16)12-20(2)18-15/h3-5,7-8,12H,6,9-11,16H2,1-2H3,(H,17,18). The number of nitrogen functional groups attached to an aromatic ring is 1. The van der Waals surface area contributed by atoms with Crippen molar-refractivity contribution in [1.29, 1.82) is 0 Å². The van der Waals surface area contributed by atoms with Crippen LogP contribution in [0, 0.1) is 0 Å². The van der Waals surface area contributed by atoms with Crippen LogP contribution < -0.4 is 11.1 Å². The minimum Gasteiger partial charge on any atom is -0.394 e. The van der Waals surface area contributed by atoms with E-state index in [0.29, 0.717) is 5.69 Å². The van der Waals surface area contributed by atoms with Gasteiger partial charge in [-0.15, -0.1) is 0 Å². The molecule has 0 spiro atoms. The van der Waals surface area contributed by atoms with Gasteiger partial charge in [0, 0.05) is 26.3 Å². The van der Waals surface area contributed by atoms with Crippen LogP contribution in [0.4, 0.5) is 11.5 Å². The Balaban J connectivity index is 1.67. The molecule has 1 aromatic heterocycles. The molecule has 0 amide bonds. The van der Waals surface area contributed by atoms with Crippen LogP contribution in [0.25, 0.3) is 0 Å². The molecule has 0 fully saturated rings. The van der Waals surface area contributed by atoms with E-state index in [0.717, 1.165) is 31.9 Å². The topological polar surface area (TPSA) is 59.1 Å². The van der Waals surface area contributed by atoms with Crippen molar-refractivity contribution in [2.45, 2.75) is 13.0 Å². The Morgan fingerprint density at radius 3 is 2.70 bits per heavy atom. The predicted molar refractivity (Wildman–Crippen MR) is 83.5 cm³/mol. The van der Waals surface area contributed by atoms with Gasteiger partial charge in [0.25, 0.3) is 0 Å². The molecule has 2 rings (SSSR count). The summed E-state index contributed by atoms with van der Waals surface area (Å²) in [5.41, 5.74) is 7.87. The molecule has 20 heavy (non-hydrogen) atoms. The number of aryl methyl sites for hydroxylation is 1. The molecule has 0 radical (unpaired) electrons.